The number of furan rings is 1. The molecule has 0 atom stereocenters. The van der Waals surface area contributed by atoms with E-state index in [1.165, 1.54) is 0 Å². The highest BCUT2D eigenvalue weighted by Gasteiger charge is 2.11. The highest BCUT2D eigenvalue weighted by Crippen LogP contribution is 2.24. The third-order valence-electron chi connectivity index (χ3n) is 1.94. The number of hydrogen-bond donors (Lipinski definition) is 0. The quantitative estimate of drug-likeness (QED) is 0.591. The van der Waals surface area contributed by atoms with Gasteiger partial charge in [-0.25, -0.2) is 9.97 Å². The predicted octanol–water partition coefficient (Wildman–Crippen LogP) is 3.61. The molecule has 2 aromatic rings. The van der Waals surface area contributed by atoms with Crippen LogP contribution in [0.1, 0.15) is 11.5 Å². The lowest BCUT2D eigenvalue weighted by Crippen LogP contribution is -1.95. The fourth-order valence-electron chi connectivity index (χ4n) is 1.19. The minimum atomic E-state index is 0.465. The van der Waals surface area contributed by atoms with Crippen LogP contribution in [-0.4, -0.2) is 9.97 Å². The lowest BCUT2D eigenvalue weighted by molar-refractivity contribution is 0.543. The van der Waals surface area contributed by atoms with E-state index in [1.807, 2.05) is 26.0 Å². The van der Waals surface area contributed by atoms with Crippen molar-refractivity contribution < 1.29 is 4.42 Å². The number of halogens is 2. The van der Waals surface area contributed by atoms with Gasteiger partial charge >= 0.3 is 0 Å². The summed E-state index contributed by atoms with van der Waals surface area (Å²) in [5.74, 6) is 2.01. The first kappa shape index (κ1) is 10.9. The van der Waals surface area contributed by atoms with Crippen molar-refractivity contribution >= 4 is 34.2 Å². The van der Waals surface area contributed by atoms with Crippen molar-refractivity contribution in [1.82, 2.24) is 9.97 Å². The first-order valence-corrected chi connectivity index (χ1v) is 5.80. The fourth-order valence-corrected chi connectivity index (χ4v) is 1.65. The van der Waals surface area contributed by atoms with Gasteiger partial charge in [0.25, 0.3) is 0 Å². The molecular weight excluding hydrogens is 326 g/mol. The zero-order valence-corrected chi connectivity index (χ0v) is 11.1. The predicted molar refractivity (Wildman–Crippen MR) is 66.9 cm³/mol. The maximum absolute atomic E-state index is 5.98. The maximum atomic E-state index is 5.98. The van der Waals surface area contributed by atoms with Gasteiger partial charge in [-0.05, 0) is 48.6 Å². The first-order valence-electron chi connectivity index (χ1n) is 4.34. The molecule has 2 heterocycles. The average Bonchev–Trinajstić information content (AvgIpc) is 2.60. The molecule has 0 amide bonds. The van der Waals surface area contributed by atoms with Crippen LogP contribution in [0, 0.1) is 17.4 Å². The summed E-state index contributed by atoms with van der Waals surface area (Å²) in [5.41, 5.74) is 0.861. The Balaban J connectivity index is 2.55. The Morgan fingerprint density at radius 3 is 2.53 bits per heavy atom. The van der Waals surface area contributed by atoms with Crippen LogP contribution in [-0.2, 0) is 0 Å². The summed E-state index contributed by atoms with van der Waals surface area (Å²) in [4.78, 5) is 8.49. The van der Waals surface area contributed by atoms with Crippen LogP contribution in [0.2, 0.25) is 5.15 Å². The molecular formula is C10H8ClIN2O. The lowest BCUT2D eigenvalue weighted by Gasteiger charge is -2.02. The van der Waals surface area contributed by atoms with E-state index < -0.39 is 0 Å². The van der Waals surface area contributed by atoms with E-state index in [9.17, 15) is 0 Å². The molecule has 0 spiro atoms. The summed E-state index contributed by atoms with van der Waals surface area (Å²) < 4.78 is 6.31. The number of aromatic nitrogens is 2. The smallest absolute Gasteiger partial charge is 0.197 e. The summed E-state index contributed by atoms with van der Waals surface area (Å²) in [5, 5.41) is 0.465. The van der Waals surface area contributed by atoms with E-state index in [-0.39, 0.29) is 0 Å². The summed E-state index contributed by atoms with van der Waals surface area (Å²) in [7, 11) is 0. The van der Waals surface area contributed by atoms with Crippen LogP contribution in [0.15, 0.2) is 16.5 Å². The summed E-state index contributed by atoms with van der Waals surface area (Å²) in [6, 6.07) is 3.72. The molecule has 78 valence electrons. The van der Waals surface area contributed by atoms with Crippen LogP contribution in [0.25, 0.3) is 11.6 Å². The van der Waals surface area contributed by atoms with Gasteiger partial charge in [-0.2, -0.15) is 0 Å². The largest absolute Gasteiger partial charge is 0.458 e. The van der Waals surface area contributed by atoms with E-state index in [2.05, 4.69) is 32.6 Å². The molecule has 0 aliphatic rings. The van der Waals surface area contributed by atoms with Gasteiger partial charge in [0.15, 0.2) is 11.6 Å². The van der Waals surface area contributed by atoms with Crippen LogP contribution < -0.4 is 0 Å². The van der Waals surface area contributed by atoms with Crippen LogP contribution >= 0.6 is 34.2 Å². The van der Waals surface area contributed by atoms with Crippen LogP contribution in [0.5, 0.6) is 0 Å². The van der Waals surface area contributed by atoms with E-state index in [0.29, 0.717) is 16.7 Å². The zero-order valence-electron chi connectivity index (χ0n) is 8.21. The van der Waals surface area contributed by atoms with Gasteiger partial charge in [0.2, 0.25) is 0 Å². The van der Waals surface area contributed by atoms with Gasteiger partial charge in [0.05, 0.1) is 9.26 Å². The highest BCUT2D eigenvalue weighted by atomic mass is 127. The number of aryl methyl sites for hydroxylation is 2. The van der Waals surface area contributed by atoms with Crippen molar-refractivity contribution in [3.63, 3.8) is 0 Å². The van der Waals surface area contributed by atoms with Crippen LogP contribution in [0.4, 0.5) is 0 Å². The van der Waals surface area contributed by atoms with E-state index >= 15 is 0 Å². The van der Waals surface area contributed by atoms with Gasteiger partial charge < -0.3 is 4.42 Å². The highest BCUT2D eigenvalue weighted by molar-refractivity contribution is 14.1. The molecule has 0 saturated carbocycles. The second-order valence-corrected chi connectivity index (χ2v) is 4.58. The Bertz CT molecular complexity index is 487. The topological polar surface area (TPSA) is 38.9 Å². The van der Waals surface area contributed by atoms with Crippen molar-refractivity contribution in [2.45, 2.75) is 13.8 Å². The molecule has 3 nitrogen and oxygen atoms in total. The van der Waals surface area contributed by atoms with E-state index in [4.69, 9.17) is 16.0 Å². The summed E-state index contributed by atoms with van der Waals surface area (Å²) in [6.45, 7) is 3.78. The van der Waals surface area contributed by atoms with Gasteiger partial charge in [-0.15, -0.1) is 0 Å². The molecule has 5 heteroatoms. The molecule has 0 fully saturated rings. The van der Waals surface area contributed by atoms with Gasteiger partial charge in [-0.3, -0.25) is 0 Å². The van der Waals surface area contributed by atoms with E-state index in [0.717, 1.165) is 15.0 Å². The average molecular weight is 335 g/mol. The monoisotopic (exact) mass is 334 g/mol. The Kier molecular flexibility index (Phi) is 2.97. The van der Waals surface area contributed by atoms with Crippen molar-refractivity contribution in [1.29, 1.82) is 0 Å². The molecule has 0 aliphatic carbocycles. The Morgan fingerprint density at radius 2 is 2.00 bits per heavy atom. The van der Waals surface area contributed by atoms with Crippen molar-refractivity contribution in [2.24, 2.45) is 0 Å². The van der Waals surface area contributed by atoms with Crippen molar-refractivity contribution in [3.8, 4) is 11.6 Å². The summed E-state index contributed by atoms with van der Waals surface area (Å²) in [6.07, 6.45) is 0. The number of nitrogens with zero attached hydrogens (tertiary/aromatic N) is 2. The minimum absolute atomic E-state index is 0.465. The normalized spacial score (nSPS) is 10.7. The molecule has 15 heavy (non-hydrogen) atoms. The molecule has 0 unspecified atom stereocenters. The van der Waals surface area contributed by atoms with Crippen LogP contribution in [0.3, 0.4) is 0 Å². The fraction of sp³-hybridized carbons (Fsp3) is 0.200. The van der Waals surface area contributed by atoms with Crippen molar-refractivity contribution in [3.05, 3.63) is 32.3 Å². The lowest BCUT2D eigenvalue weighted by atomic mass is 10.4. The molecule has 0 N–H and O–H groups in total. The molecule has 0 aliphatic heterocycles. The molecule has 0 bridgehead atoms. The summed E-state index contributed by atoms with van der Waals surface area (Å²) >= 11 is 8.10. The SMILES string of the molecule is Cc1ccc(-c2nc(C)c(I)c(Cl)n2)o1. The van der Waals surface area contributed by atoms with Gasteiger partial charge in [0, 0.05) is 0 Å². The maximum Gasteiger partial charge on any atom is 0.197 e. The van der Waals surface area contributed by atoms with Crippen molar-refractivity contribution in [2.75, 3.05) is 0 Å². The second-order valence-electron chi connectivity index (χ2n) is 3.15. The van der Waals surface area contributed by atoms with Gasteiger partial charge in [-0.1, -0.05) is 11.6 Å². The van der Waals surface area contributed by atoms with Gasteiger partial charge in [0.1, 0.15) is 10.9 Å². The number of rotatable bonds is 1. The molecule has 0 aromatic carbocycles. The standard InChI is InChI=1S/C10H8ClIN2O/c1-5-3-4-7(15-5)10-13-6(2)8(12)9(11)14-10/h3-4H,1-2H3. The second kappa shape index (κ2) is 4.09. The van der Waals surface area contributed by atoms with E-state index in [1.54, 1.807) is 0 Å². The Hall–Kier alpha value is -0.620. The first-order chi connectivity index (χ1) is 7.08. The molecule has 2 rings (SSSR count). The molecule has 2 aromatic heterocycles. The third-order valence-corrected chi connectivity index (χ3v) is 3.82. The molecule has 0 radical (unpaired) electrons. The third kappa shape index (κ3) is 2.15. The molecule has 0 saturated heterocycles. The Labute approximate surface area is 106 Å². The number of hydrogen-bond acceptors (Lipinski definition) is 3. The Morgan fingerprint density at radius 1 is 1.27 bits per heavy atom. The minimum Gasteiger partial charge on any atom is -0.458 e. The zero-order chi connectivity index (χ0) is 11.0.